The predicted octanol–water partition coefficient (Wildman–Crippen LogP) is 2.86. The molecule has 0 aliphatic carbocycles. The van der Waals surface area contributed by atoms with E-state index in [9.17, 15) is 9.90 Å². The number of pyridine rings is 1. The Bertz CT molecular complexity index is 1330. The SMILES string of the molecule is Cc1ccc(O)c(C)c1-c1cn2c(C#Cc3nccs3)cnc2c(C(N)=O)c1N. The molecule has 7 nitrogen and oxygen atoms in total. The summed E-state index contributed by atoms with van der Waals surface area (Å²) in [6, 6.07) is 3.42. The van der Waals surface area contributed by atoms with Crippen molar-refractivity contribution < 1.29 is 9.90 Å². The maximum absolute atomic E-state index is 12.2. The number of aromatic nitrogens is 3. The molecule has 1 amide bonds. The van der Waals surface area contributed by atoms with E-state index in [1.807, 2.05) is 12.3 Å². The van der Waals surface area contributed by atoms with Gasteiger partial charge in [0.05, 0.1) is 11.9 Å². The van der Waals surface area contributed by atoms with E-state index in [4.69, 9.17) is 11.5 Å². The zero-order chi connectivity index (χ0) is 20.7. The number of aryl methyl sites for hydroxylation is 1. The van der Waals surface area contributed by atoms with Crippen molar-refractivity contribution in [2.45, 2.75) is 13.8 Å². The normalized spacial score (nSPS) is 10.7. The minimum absolute atomic E-state index is 0.118. The molecule has 5 N–H and O–H groups in total. The number of nitrogen functional groups attached to an aromatic ring is 1. The van der Waals surface area contributed by atoms with Crippen molar-refractivity contribution in [3.63, 3.8) is 0 Å². The van der Waals surface area contributed by atoms with Crippen LogP contribution in [0.4, 0.5) is 5.69 Å². The van der Waals surface area contributed by atoms with E-state index in [-0.39, 0.29) is 17.0 Å². The van der Waals surface area contributed by atoms with Crippen LogP contribution in [-0.2, 0) is 0 Å². The van der Waals surface area contributed by atoms with Crippen molar-refractivity contribution in [1.29, 1.82) is 0 Å². The maximum Gasteiger partial charge on any atom is 0.254 e. The number of nitrogens with zero attached hydrogens (tertiary/aromatic N) is 3. The highest BCUT2D eigenvalue weighted by Crippen LogP contribution is 2.38. The monoisotopic (exact) mass is 403 g/mol. The van der Waals surface area contributed by atoms with Crippen LogP contribution in [0.15, 0.2) is 36.1 Å². The Hall–Kier alpha value is -3.83. The Morgan fingerprint density at radius 1 is 1.24 bits per heavy atom. The first kappa shape index (κ1) is 18.5. The molecule has 3 heterocycles. The number of phenols is 1. The van der Waals surface area contributed by atoms with Crippen LogP contribution in [0.3, 0.4) is 0 Å². The molecule has 8 heteroatoms. The molecule has 1 aromatic carbocycles. The van der Waals surface area contributed by atoms with Crippen LogP contribution in [0.1, 0.15) is 32.2 Å². The third-order valence-electron chi connectivity index (χ3n) is 4.73. The zero-order valence-electron chi connectivity index (χ0n) is 15.7. The van der Waals surface area contributed by atoms with Crippen LogP contribution in [0.5, 0.6) is 5.75 Å². The van der Waals surface area contributed by atoms with Gasteiger partial charge in [-0.3, -0.25) is 9.20 Å². The summed E-state index contributed by atoms with van der Waals surface area (Å²) >= 11 is 1.43. The Kier molecular flexibility index (Phi) is 4.45. The van der Waals surface area contributed by atoms with Crippen LogP contribution >= 0.6 is 11.3 Å². The molecule has 0 spiro atoms. The largest absolute Gasteiger partial charge is 0.508 e. The molecule has 0 radical (unpaired) electrons. The van der Waals surface area contributed by atoms with E-state index < -0.39 is 5.91 Å². The van der Waals surface area contributed by atoms with Crippen molar-refractivity contribution in [3.8, 4) is 28.7 Å². The number of nitrogens with two attached hydrogens (primary N) is 2. The summed E-state index contributed by atoms with van der Waals surface area (Å²) in [7, 11) is 0. The number of carbonyl (C=O) groups is 1. The number of fused-ring (bicyclic) bond motifs is 1. The predicted molar refractivity (Wildman–Crippen MR) is 113 cm³/mol. The Morgan fingerprint density at radius 2 is 2.03 bits per heavy atom. The number of imidazole rings is 1. The van der Waals surface area contributed by atoms with Gasteiger partial charge in [-0.1, -0.05) is 6.07 Å². The number of hydrogen-bond donors (Lipinski definition) is 3. The van der Waals surface area contributed by atoms with Gasteiger partial charge < -0.3 is 16.6 Å². The summed E-state index contributed by atoms with van der Waals surface area (Å²) in [5, 5.41) is 12.7. The first-order chi connectivity index (χ1) is 13.9. The number of hydrogen-bond acceptors (Lipinski definition) is 6. The third kappa shape index (κ3) is 3.07. The second-order valence-corrected chi connectivity index (χ2v) is 7.42. The van der Waals surface area contributed by atoms with Crippen molar-refractivity contribution in [3.05, 3.63) is 63.5 Å². The van der Waals surface area contributed by atoms with Gasteiger partial charge in [0.15, 0.2) is 10.7 Å². The summed E-state index contributed by atoms with van der Waals surface area (Å²) in [6.07, 6.45) is 5.01. The lowest BCUT2D eigenvalue weighted by Gasteiger charge is -2.16. The van der Waals surface area contributed by atoms with Crippen molar-refractivity contribution in [1.82, 2.24) is 14.4 Å². The molecular weight excluding hydrogens is 386 g/mol. The first-order valence-corrected chi connectivity index (χ1v) is 9.56. The minimum atomic E-state index is -0.685. The molecule has 0 unspecified atom stereocenters. The number of amides is 1. The molecule has 0 bridgehead atoms. The minimum Gasteiger partial charge on any atom is -0.508 e. The van der Waals surface area contributed by atoms with Crippen LogP contribution < -0.4 is 11.5 Å². The van der Waals surface area contributed by atoms with E-state index in [1.54, 1.807) is 42.0 Å². The molecule has 29 heavy (non-hydrogen) atoms. The van der Waals surface area contributed by atoms with Crippen LogP contribution in [0.2, 0.25) is 0 Å². The van der Waals surface area contributed by atoms with Gasteiger partial charge in [-0.05, 0) is 48.4 Å². The van der Waals surface area contributed by atoms with Gasteiger partial charge in [-0.25, -0.2) is 9.97 Å². The number of rotatable bonds is 2. The van der Waals surface area contributed by atoms with Gasteiger partial charge in [0.1, 0.15) is 17.0 Å². The van der Waals surface area contributed by atoms with Gasteiger partial charge in [-0.2, -0.15) is 0 Å². The van der Waals surface area contributed by atoms with Crippen molar-refractivity contribution >= 4 is 28.6 Å². The first-order valence-electron chi connectivity index (χ1n) is 8.69. The number of benzene rings is 1. The van der Waals surface area contributed by atoms with E-state index in [2.05, 4.69) is 21.8 Å². The van der Waals surface area contributed by atoms with Gasteiger partial charge in [-0.15, -0.1) is 11.3 Å². The van der Waals surface area contributed by atoms with E-state index in [0.29, 0.717) is 27.5 Å². The molecule has 3 aromatic heterocycles. The average Bonchev–Trinajstić information content (AvgIpc) is 3.33. The topological polar surface area (TPSA) is 120 Å². The van der Waals surface area contributed by atoms with Gasteiger partial charge in [0, 0.05) is 23.3 Å². The summed E-state index contributed by atoms with van der Waals surface area (Å²) in [5.41, 5.74) is 16.1. The molecule has 0 aliphatic rings. The van der Waals surface area contributed by atoms with Gasteiger partial charge in [0.2, 0.25) is 0 Å². The van der Waals surface area contributed by atoms with Crippen LogP contribution in [-0.4, -0.2) is 25.4 Å². The summed E-state index contributed by atoms with van der Waals surface area (Å²) in [6.45, 7) is 3.70. The van der Waals surface area contributed by atoms with E-state index in [1.165, 1.54) is 11.3 Å². The molecule has 0 atom stereocenters. The average molecular weight is 403 g/mol. The highest BCUT2D eigenvalue weighted by molar-refractivity contribution is 7.10. The third-order valence-corrected chi connectivity index (χ3v) is 5.42. The molecule has 0 saturated heterocycles. The highest BCUT2D eigenvalue weighted by Gasteiger charge is 2.22. The van der Waals surface area contributed by atoms with Crippen molar-refractivity contribution in [2.24, 2.45) is 5.73 Å². The fourth-order valence-electron chi connectivity index (χ4n) is 3.32. The maximum atomic E-state index is 12.2. The Morgan fingerprint density at radius 3 is 2.72 bits per heavy atom. The molecule has 0 aliphatic heterocycles. The Labute approximate surface area is 170 Å². The molecular formula is C21H17N5O2S. The lowest BCUT2D eigenvalue weighted by atomic mass is 9.93. The summed E-state index contributed by atoms with van der Waals surface area (Å²) in [4.78, 5) is 20.7. The molecule has 144 valence electrons. The van der Waals surface area contributed by atoms with Crippen molar-refractivity contribution in [2.75, 3.05) is 5.73 Å². The number of carbonyl (C=O) groups excluding carboxylic acids is 1. The van der Waals surface area contributed by atoms with Crippen LogP contribution in [0, 0.1) is 25.7 Å². The van der Waals surface area contributed by atoms with E-state index in [0.717, 1.165) is 11.1 Å². The fraction of sp³-hybridized carbons (Fsp3) is 0.0952. The van der Waals surface area contributed by atoms with E-state index >= 15 is 0 Å². The second kappa shape index (κ2) is 6.96. The number of aromatic hydroxyl groups is 1. The van der Waals surface area contributed by atoms with Crippen LogP contribution in [0.25, 0.3) is 16.8 Å². The summed E-state index contributed by atoms with van der Waals surface area (Å²) in [5.74, 6) is 5.47. The molecule has 4 rings (SSSR count). The smallest absolute Gasteiger partial charge is 0.254 e. The van der Waals surface area contributed by atoms with Gasteiger partial charge >= 0.3 is 0 Å². The Balaban J connectivity index is 2.04. The number of phenolic OH excluding ortho intramolecular Hbond substituents is 1. The fourth-order valence-corrected chi connectivity index (χ4v) is 3.80. The second-order valence-electron chi connectivity index (χ2n) is 6.52. The standard InChI is InChI=1S/C21H17N5O2S/c1-11-3-5-15(27)12(2)17(11)14-10-26-13(4-6-16-24-7-8-29-16)9-25-21(26)18(19(14)22)20(23)28/h3,5,7-10,27H,22H2,1-2H3,(H2,23,28). The lowest BCUT2D eigenvalue weighted by molar-refractivity contribution is 0.100. The summed E-state index contributed by atoms with van der Waals surface area (Å²) < 4.78 is 1.69. The molecule has 4 aromatic rings. The number of primary amides is 1. The highest BCUT2D eigenvalue weighted by atomic mass is 32.1. The van der Waals surface area contributed by atoms with Gasteiger partial charge in [0.25, 0.3) is 5.91 Å². The molecule has 0 saturated carbocycles. The lowest BCUT2D eigenvalue weighted by Crippen LogP contribution is -2.16. The zero-order valence-corrected chi connectivity index (χ0v) is 16.5. The number of thiazole rings is 1. The molecule has 0 fully saturated rings. The quantitative estimate of drug-likeness (QED) is 0.445. The number of anilines is 1.